The molecule has 0 spiro atoms. The number of anilines is 2. The number of amides is 4. The number of hydrogen-bond donors (Lipinski definition) is 5. The highest BCUT2D eigenvalue weighted by Gasteiger charge is 2.38. The van der Waals surface area contributed by atoms with Crippen LogP contribution in [0, 0.1) is 5.92 Å². The van der Waals surface area contributed by atoms with Gasteiger partial charge in [-0.2, -0.15) is 5.21 Å². The first-order valence-corrected chi connectivity index (χ1v) is 13.1. The van der Waals surface area contributed by atoms with Crippen molar-refractivity contribution in [3.05, 3.63) is 65.5 Å². The molecule has 2 heterocycles. The van der Waals surface area contributed by atoms with Gasteiger partial charge in [0.25, 0.3) is 0 Å². The summed E-state index contributed by atoms with van der Waals surface area (Å²) in [6, 6.07) is 12.5. The van der Waals surface area contributed by atoms with Gasteiger partial charge in [0.15, 0.2) is 5.82 Å². The van der Waals surface area contributed by atoms with Crippen LogP contribution in [0.5, 0.6) is 0 Å². The normalized spacial score (nSPS) is 15.6. The van der Waals surface area contributed by atoms with E-state index in [0.29, 0.717) is 30.0 Å². The lowest BCUT2D eigenvalue weighted by Gasteiger charge is -2.27. The van der Waals surface area contributed by atoms with Crippen LogP contribution in [0.25, 0.3) is 0 Å². The minimum atomic E-state index is -0.834. The van der Waals surface area contributed by atoms with Crippen molar-refractivity contribution in [3.8, 4) is 0 Å². The number of fused-ring (bicyclic) bond motifs is 1. The molecular formula is C27H33N9O4. The molecule has 6 N–H and O–H groups in total. The summed E-state index contributed by atoms with van der Waals surface area (Å²) in [7, 11) is 0. The van der Waals surface area contributed by atoms with Crippen molar-refractivity contribution in [3.63, 3.8) is 0 Å². The van der Waals surface area contributed by atoms with Crippen LogP contribution in [0.15, 0.2) is 48.5 Å². The van der Waals surface area contributed by atoms with E-state index in [9.17, 15) is 19.2 Å². The first-order valence-electron chi connectivity index (χ1n) is 13.1. The second kappa shape index (κ2) is 12.8. The number of aromatic nitrogens is 4. The molecule has 2 aromatic carbocycles. The molecular weight excluding hydrogens is 514 g/mol. The minimum Gasteiger partial charge on any atom is -0.399 e. The number of nitrogens with two attached hydrogens (primary N) is 1. The van der Waals surface area contributed by atoms with Gasteiger partial charge >= 0.3 is 0 Å². The molecule has 0 unspecified atom stereocenters. The molecule has 0 saturated carbocycles. The summed E-state index contributed by atoms with van der Waals surface area (Å²) >= 11 is 0. The molecule has 0 saturated heterocycles. The van der Waals surface area contributed by atoms with Crippen LogP contribution in [-0.4, -0.2) is 62.9 Å². The Balaban J connectivity index is 1.40. The number of benzene rings is 2. The first kappa shape index (κ1) is 28.2. The van der Waals surface area contributed by atoms with Crippen molar-refractivity contribution in [1.29, 1.82) is 0 Å². The number of nitrogen functional groups attached to an aromatic ring is 1. The Bertz CT molecular complexity index is 1340. The molecule has 13 heteroatoms. The number of carbonyl (C=O) groups is 4. The summed E-state index contributed by atoms with van der Waals surface area (Å²) in [4.78, 5) is 53.8. The molecule has 210 valence electrons. The quantitative estimate of drug-likeness (QED) is 0.211. The molecule has 1 aromatic heterocycles. The Kier molecular flexibility index (Phi) is 9.04. The Hall–Kier alpha value is -4.81. The number of hydrogen-bond acceptors (Lipinski definition) is 8. The highest BCUT2D eigenvalue weighted by Crippen LogP contribution is 2.32. The summed E-state index contributed by atoms with van der Waals surface area (Å²) in [6.07, 6.45) is 1.05. The largest absolute Gasteiger partial charge is 0.399 e. The molecule has 4 rings (SSSR count). The molecule has 0 fully saturated rings. The van der Waals surface area contributed by atoms with Crippen molar-refractivity contribution in [2.75, 3.05) is 17.2 Å². The van der Waals surface area contributed by atoms with Crippen molar-refractivity contribution in [1.82, 2.24) is 36.6 Å². The van der Waals surface area contributed by atoms with Crippen LogP contribution in [0.4, 0.5) is 11.4 Å². The van der Waals surface area contributed by atoms with E-state index < -0.39 is 23.9 Å². The maximum atomic E-state index is 13.4. The van der Waals surface area contributed by atoms with E-state index in [2.05, 4.69) is 36.6 Å². The third-order valence-electron chi connectivity index (χ3n) is 6.93. The summed E-state index contributed by atoms with van der Waals surface area (Å²) in [6.45, 7) is 3.48. The van der Waals surface area contributed by atoms with Gasteiger partial charge in [-0.3, -0.25) is 24.1 Å². The van der Waals surface area contributed by atoms with Gasteiger partial charge in [-0.05, 0) is 35.2 Å². The monoisotopic (exact) mass is 547 g/mol. The average Bonchev–Trinajstić information content (AvgIpc) is 3.62. The highest BCUT2D eigenvalue weighted by molar-refractivity contribution is 6.05. The van der Waals surface area contributed by atoms with Gasteiger partial charge in [-0.15, -0.1) is 10.2 Å². The molecule has 0 radical (unpaired) electrons. The van der Waals surface area contributed by atoms with E-state index in [4.69, 9.17) is 5.73 Å². The number of tetrazole rings is 1. The van der Waals surface area contributed by atoms with Gasteiger partial charge in [-0.25, -0.2) is 0 Å². The number of para-hydroxylation sites is 1. The molecule has 1 aliphatic heterocycles. The van der Waals surface area contributed by atoms with Gasteiger partial charge < -0.3 is 21.7 Å². The van der Waals surface area contributed by atoms with Crippen molar-refractivity contribution < 1.29 is 19.2 Å². The third kappa shape index (κ3) is 6.79. The molecule has 3 atom stereocenters. The van der Waals surface area contributed by atoms with Gasteiger partial charge in [0.05, 0.1) is 19.5 Å². The molecule has 40 heavy (non-hydrogen) atoms. The number of rotatable bonds is 11. The van der Waals surface area contributed by atoms with E-state index >= 15 is 0 Å². The zero-order valence-electron chi connectivity index (χ0n) is 22.4. The van der Waals surface area contributed by atoms with Crippen molar-refractivity contribution >= 4 is 35.0 Å². The van der Waals surface area contributed by atoms with Gasteiger partial charge in [0.1, 0.15) is 12.1 Å². The Morgan fingerprint density at radius 2 is 1.85 bits per heavy atom. The number of nitrogens with zero attached hydrogens (tertiary/aromatic N) is 4. The fourth-order valence-corrected chi connectivity index (χ4v) is 4.55. The fraction of sp³-hybridized carbons (Fsp3) is 0.370. The SMILES string of the molecule is CC[C@H](C)[C@H](NC(=O)Cc1ccc(N)cc1)C(=O)NCC(=O)N1c2ccccc2C[C@H]1C(=O)NCc1nn[nH]n1. The minimum absolute atomic E-state index is 0.0492. The van der Waals surface area contributed by atoms with Crippen LogP contribution in [0.2, 0.25) is 0 Å². The molecule has 13 nitrogen and oxygen atoms in total. The third-order valence-corrected chi connectivity index (χ3v) is 6.93. The molecule has 0 aliphatic carbocycles. The summed E-state index contributed by atoms with van der Waals surface area (Å²) in [5.74, 6) is -1.49. The lowest BCUT2D eigenvalue weighted by atomic mass is 9.98. The molecule has 1 aliphatic rings. The van der Waals surface area contributed by atoms with Crippen LogP contribution < -0.4 is 26.6 Å². The lowest BCUT2D eigenvalue weighted by molar-refractivity contribution is -0.131. The standard InChI is InChI=1S/C27H33N9O4/c1-3-16(2)25(31-23(37)12-17-8-10-19(28)11-9-17)27(40)30-15-24(38)36-20-7-5-4-6-18(20)13-21(36)26(39)29-14-22-32-34-35-33-22/h4-11,16,21,25H,3,12-15,28H2,1-2H3,(H,29,39)(H,30,40)(H,31,37)(H,32,33,34,35)/t16-,21-,25-/m0/s1. The number of H-pyrrole nitrogens is 1. The van der Waals surface area contributed by atoms with E-state index in [0.717, 1.165) is 11.1 Å². The Morgan fingerprint density at radius 3 is 2.55 bits per heavy atom. The second-order valence-corrected chi connectivity index (χ2v) is 9.73. The predicted octanol–water partition coefficient (Wildman–Crippen LogP) is 0.246. The fourth-order valence-electron chi connectivity index (χ4n) is 4.55. The molecule has 4 amide bonds. The van der Waals surface area contributed by atoms with E-state index in [1.165, 1.54) is 4.90 Å². The van der Waals surface area contributed by atoms with Crippen molar-refractivity contribution in [2.24, 2.45) is 5.92 Å². The summed E-state index contributed by atoms with van der Waals surface area (Å²) in [5.41, 5.74) is 8.52. The lowest BCUT2D eigenvalue weighted by Crippen LogP contribution is -2.54. The van der Waals surface area contributed by atoms with Crippen LogP contribution in [0.1, 0.15) is 37.2 Å². The van der Waals surface area contributed by atoms with Gasteiger partial charge in [-0.1, -0.05) is 55.8 Å². The average molecular weight is 548 g/mol. The van der Waals surface area contributed by atoms with Gasteiger partial charge in [0.2, 0.25) is 23.6 Å². The van der Waals surface area contributed by atoms with Gasteiger partial charge in [0, 0.05) is 17.8 Å². The summed E-state index contributed by atoms with van der Waals surface area (Å²) in [5, 5.41) is 21.6. The number of nitrogens with one attached hydrogen (secondary N) is 4. The van der Waals surface area contributed by atoms with E-state index in [1.54, 1.807) is 36.4 Å². The Labute approximate surface area is 231 Å². The molecule has 0 bridgehead atoms. The number of aromatic amines is 1. The smallest absolute Gasteiger partial charge is 0.247 e. The van der Waals surface area contributed by atoms with Crippen LogP contribution >= 0.6 is 0 Å². The van der Waals surface area contributed by atoms with E-state index in [1.807, 2.05) is 26.0 Å². The Morgan fingerprint density at radius 1 is 1.10 bits per heavy atom. The zero-order valence-corrected chi connectivity index (χ0v) is 22.4. The maximum Gasteiger partial charge on any atom is 0.247 e. The number of carbonyl (C=O) groups excluding carboxylic acids is 4. The predicted molar refractivity (Wildman–Crippen MR) is 146 cm³/mol. The zero-order chi connectivity index (χ0) is 28.6. The van der Waals surface area contributed by atoms with Crippen LogP contribution in [-0.2, 0) is 38.6 Å². The van der Waals surface area contributed by atoms with Crippen LogP contribution in [0.3, 0.4) is 0 Å². The highest BCUT2D eigenvalue weighted by atomic mass is 16.2. The first-order chi connectivity index (χ1) is 19.3. The van der Waals surface area contributed by atoms with E-state index in [-0.39, 0.29) is 37.2 Å². The van der Waals surface area contributed by atoms with Crippen molar-refractivity contribution in [2.45, 2.75) is 51.7 Å². The summed E-state index contributed by atoms with van der Waals surface area (Å²) < 4.78 is 0. The second-order valence-electron chi connectivity index (χ2n) is 9.73. The maximum absolute atomic E-state index is 13.4. The molecule has 3 aromatic rings. The topological polar surface area (TPSA) is 188 Å².